The number of benzene rings is 1. The molecule has 0 unspecified atom stereocenters. The van der Waals surface area contributed by atoms with E-state index in [1.165, 1.54) is 0 Å². The van der Waals surface area contributed by atoms with Gasteiger partial charge in [-0.25, -0.2) is 4.98 Å². The zero-order chi connectivity index (χ0) is 14.8. The molecule has 0 fully saturated rings. The Morgan fingerprint density at radius 1 is 1.29 bits per heavy atom. The lowest BCUT2D eigenvalue weighted by molar-refractivity contribution is 0.415. The summed E-state index contributed by atoms with van der Waals surface area (Å²) < 4.78 is 7.24. The summed E-state index contributed by atoms with van der Waals surface area (Å²) in [5, 5.41) is 3.97. The van der Waals surface area contributed by atoms with Gasteiger partial charge in [-0.15, -0.1) is 0 Å². The molecule has 0 amide bonds. The molecule has 0 atom stereocenters. The molecule has 5 heteroatoms. The van der Waals surface area contributed by atoms with Crippen molar-refractivity contribution in [2.24, 2.45) is 0 Å². The summed E-state index contributed by atoms with van der Waals surface area (Å²) in [4.78, 5) is 4.55. The molecule has 1 N–H and O–H groups in total. The Bertz CT molecular complexity index is 782. The van der Waals surface area contributed by atoms with E-state index < -0.39 is 0 Å². The van der Waals surface area contributed by atoms with Crippen LogP contribution in [0.5, 0.6) is 5.75 Å². The van der Waals surface area contributed by atoms with Gasteiger partial charge in [0.2, 0.25) is 0 Å². The molecular weight excluding hydrogens is 286 g/mol. The molecular formula is C16H16ClN3O. The number of halogens is 1. The Morgan fingerprint density at radius 2 is 2.14 bits per heavy atom. The van der Waals surface area contributed by atoms with E-state index in [1.807, 2.05) is 49.5 Å². The van der Waals surface area contributed by atoms with E-state index in [1.54, 1.807) is 7.11 Å². The van der Waals surface area contributed by atoms with Crippen molar-refractivity contribution < 1.29 is 4.74 Å². The first-order valence-corrected chi connectivity index (χ1v) is 7.07. The summed E-state index contributed by atoms with van der Waals surface area (Å²) in [6.07, 6.45) is 2.02. The number of hydrogen-bond donors (Lipinski definition) is 1. The van der Waals surface area contributed by atoms with E-state index in [-0.39, 0.29) is 0 Å². The molecule has 0 spiro atoms. The highest BCUT2D eigenvalue weighted by Crippen LogP contribution is 2.27. The molecule has 2 heterocycles. The number of nitrogens with one attached hydrogen (secondary N) is 1. The number of imidazole rings is 1. The van der Waals surface area contributed by atoms with Crippen LogP contribution in [0, 0.1) is 6.92 Å². The van der Waals surface area contributed by atoms with Gasteiger partial charge in [0.15, 0.2) is 0 Å². The highest BCUT2D eigenvalue weighted by molar-refractivity contribution is 6.32. The van der Waals surface area contributed by atoms with Crippen molar-refractivity contribution in [2.45, 2.75) is 13.5 Å². The first-order chi connectivity index (χ1) is 10.2. The van der Waals surface area contributed by atoms with Crippen molar-refractivity contribution in [3.63, 3.8) is 0 Å². The van der Waals surface area contributed by atoms with Gasteiger partial charge in [0, 0.05) is 11.9 Å². The Labute approximate surface area is 128 Å². The average Bonchev–Trinajstić information content (AvgIpc) is 2.81. The van der Waals surface area contributed by atoms with E-state index in [2.05, 4.69) is 14.7 Å². The highest BCUT2D eigenvalue weighted by atomic mass is 35.5. The van der Waals surface area contributed by atoms with Crippen molar-refractivity contribution in [3.8, 4) is 5.75 Å². The fourth-order valence-corrected chi connectivity index (χ4v) is 2.60. The van der Waals surface area contributed by atoms with E-state index in [4.69, 9.17) is 16.3 Å². The maximum Gasteiger partial charge on any atom is 0.137 e. The summed E-state index contributed by atoms with van der Waals surface area (Å²) in [6, 6.07) is 11.7. The van der Waals surface area contributed by atoms with Gasteiger partial charge in [-0.3, -0.25) is 0 Å². The maximum absolute atomic E-state index is 6.13. The second kappa shape index (κ2) is 5.66. The number of nitrogens with zero attached hydrogens (tertiary/aromatic N) is 2. The lowest BCUT2D eigenvalue weighted by Crippen LogP contribution is -2.04. The molecule has 0 aliphatic heterocycles. The van der Waals surface area contributed by atoms with Crippen molar-refractivity contribution >= 4 is 22.9 Å². The molecule has 4 nitrogen and oxygen atoms in total. The molecule has 21 heavy (non-hydrogen) atoms. The van der Waals surface area contributed by atoms with E-state index in [9.17, 15) is 0 Å². The second-order valence-electron chi connectivity index (χ2n) is 4.78. The van der Waals surface area contributed by atoms with Crippen molar-refractivity contribution in [1.82, 2.24) is 9.38 Å². The number of ether oxygens (including phenoxy) is 1. The Morgan fingerprint density at radius 3 is 2.90 bits per heavy atom. The van der Waals surface area contributed by atoms with E-state index >= 15 is 0 Å². The number of aryl methyl sites for hydroxylation is 1. The fraction of sp³-hybridized carbons (Fsp3) is 0.188. The predicted octanol–water partition coefficient (Wildman–Crippen LogP) is 3.92. The van der Waals surface area contributed by atoms with E-state index in [0.717, 1.165) is 22.7 Å². The summed E-state index contributed by atoms with van der Waals surface area (Å²) in [6.45, 7) is 2.70. The molecule has 0 saturated heterocycles. The minimum atomic E-state index is 0.595. The zero-order valence-electron chi connectivity index (χ0n) is 11.9. The standard InChI is InChI=1S/C16H16ClN3O/c1-11-14(20-8-4-3-5-16(20)19-11)10-18-12-6-7-15(21-2)13(17)9-12/h3-9,18H,10H2,1-2H3. The maximum atomic E-state index is 6.13. The van der Waals surface area contributed by atoms with Gasteiger partial charge in [0.1, 0.15) is 11.4 Å². The minimum Gasteiger partial charge on any atom is -0.495 e. The molecule has 108 valence electrons. The van der Waals surface area contributed by atoms with Crippen molar-refractivity contribution in [1.29, 1.82) is 0 Å². The smallest absolute Gasteiger partial charge is 0.137 e. The third kappa shape index (κ3) is 2.67. The topological polar surface area (TPSA) is 38.6 Å². The van der Waals surface area contributed by atoms with Gasteiger partial charge in [-0.2, -0.15) is 0 Å². The molecule has 2 aromatic heterocycles. The van der Waals surface area contributed by atoms with Crippen LogP contribution in [0.3, 0.4) is 0 Å². The average molecular weight is 302 g/mol. The Balaban J connectivity index is 1.83. The zero-order valence-corrected chi connectivity index (χ0v) is 12.7. The largest absolute Gasteiger partial charge is 0.495 e. The van der Waals surface area contributed by atoms with Crippen LogP contribution in [0.4, 0.5) is 5.69 Å². The molecule has 3 aromatic rings. The van der Waals surface area contributed by atoms with Gasteiger partial charge >= 0.3 is 0 Å². The summed E-state index contributed by atoms with van der Waals surface area (Å²) in [7, 11) is 1.61. The van der Waals surface area contributed by atoms with Crippen LogP contribution < -0.4 is 10.1 Å². The van der Waals surface area contributed by atoms with E-state index in [0.29, 0.717) is 17.3 Å². The normalized spacial score (nSPS) is 10.8. The number of aromatic nitrogens is 2. The first-order valence-electron chi connectivity index (χ1n) is 6.69. The molecule has 1 aromatic carbocycles. The first kappa shape index (κ1) is 13.8. The number of anilines is 1. The van der Waals surface area contributed by atoms with Crippen LogP contribution in [0.1, 0.15) is 11.4 Å². The third-order valence-corrected chi connectivity index (χ3v) is 3.74. The van der Waals surface area contributed by atoms with Crippen molar-refractivity contribution in [2.75, 3.05) is 12.4 Å². The van der Waals surface area contributed by atoms with Gasteiger partial charge in [-0.1, -0.05) is 17.7 Å². The molecule has 0 radical (unpaired) electrons. The molecule has 3 rings (SSSR count). The van der Waals surface area contributed by atoms with Crippen LogP contribution >= 0.6 is 11.6 Å². The minimum absolute atomic E-state index is 0.595. The number of hydrogen-bond acceptors (Lipinski definition) is 3. The molecule has 0 saturated carbocycles. The van der Waals surface area contributed by atoms with Crippen LogP contribution in [-0.4, -0.2) is 16.5 Å². The van der Waals surface area contributed by atoms with Crippen LogP contribution in [-0.2, 0) is 6.54 Å². The van der Waals surface area contributed by atoms with Gasteiger partial charge < -0.3 is 14.5 Å². The Kier molecular flexibility index (Phi) is 3.71. The van der Waals surface area contributed by atoms with Gasteiger partial charge in [0.05, 0.1) is 30.1 Å². The summed E-state index contributed by atoms with van der Waals surface area (Å²) in [5.74, 6) is 0.674. The number of rotatable bonds is 4. The van der Waals surface area contributed by atoms with Gasteiger partial charge in [0.25, 0.3) is 0 Å². The van der Waals surface area contributed by atoms with Crippen LogP contribution in [0.2, 0.25) is 5.02 Å². The lowest BCUT2D eigenvalue weighted by atomic mass is 10.2. The molecule has 0 bridgehead atoms. The lowest BCUT2D eigenvalue weighted by Gasteiger charge is -2.09. The number of methoxy groups -OCH3 is 1. The monoisotopic (exact) mass is 301 g/mol. The fourth-order valence-electron chi connectivity index (χ4n) is 2.34. The second-order valence-corrected chi connectivity index (χ2v) is 5.18. The van der Waals surface area contributed by atoms with Crippen LogP contribution in [0.15, 0.2) is 42.6 Å². The van der Waals surface area contributed by atoms with Crippen molar-refractivity contribution in [3.05, 3.63) is 59.0 Å². The van der Waals surface area contributed by atoms with Gasteiger partial charge in [-0.05, 0) is 37.3 Å². The number of fused-ring (bicyclic) bond motifs is 1. The molecule has 0 aliphatic rings. The molecule has 0 aliphatic carbocycles. The Hall–Kier alpha value is -2.20. The highest BCUT2D eigenvalue weighted by Gasteiger charge is 2.08. The summed E-state index contributed by atoms with van der Waals surface area (Å²) in [5.41, 5.74) is 4.07. The SMILES string of the molecule is COc1ccc(NCc2c(C)nc3ccccn23)cc1Cl. The number of pyridine rings is 1. The van der Waals surface area contributed by atoms with Crippen LogP contribution in [0.25, 0.3) is 5.65 Å². The predicted molar refractivity (Wildman–Crippen MR) is 85.3 cm³/mol. The summed E-state index contributed by atoms with van der Waals surface area (Å²) >= 11 is 6.13. The quantitative estimate of drug-likeness (QED) is 0.794. The third-order valence-electron chi connectivity index (χ3n) is 3.44.